The van der Waals surface area contributed by atoms with Crippen LogP contribution < -0.4 is 10.1 Å². The van der Waals surface area contributed by atoms with Crippen LogP contribution in [0.2, 0.25) is 0 Å². The molecule has 0 aliphatic rings. The maximum atomic E-state index is 12.4. The summed E-state index contributed by atoms with van der Waals surface area (Å²) in [6.45, 7) is 4.33. The Morgan fingerprint density at radius 1 is 1.16 bits per heavy atom. The third kappa shape index (κ3) is 3.38. The van der Waals surface area contributed by atoms with E-state index >= 15 is 0 Å². The third-order valence-electron chi connectivity index (χ3n) is 4.08. The summed E-state index contributed by atoms with van der Waals surface area (Å²) in [5.74, 6) is 0.0876. The number of benzene rings is 1. The molecule has 3 rings (SSSR count). The standard InChI is InChI=1S/C19H20N4O2/c1-13-17(14(2)23(22-13)15-8-5-4-6-9-15)12-21-18(24)16-10-7-11-20-19(16)25-3/h4-11H,12H2,1-3H3,(H,21,24). The van der Waals surface area contributed by atoms with Gasteiger partial charge in [0.2, 0.25) is 5.88 Å². The van der Waals surface area contributed by atoms with Gasteiger partial charge in [0, 0.05) is 24.0 Å². The highest BCUT2D eigenvalue weighted by molar-refractivity contribution is 5.96. The van der Waals surface area contributed by atoms with Crippen LogP contribution in [0.3, 0.4) is 0 Å². The minimum atomic E-state index is -0.226. The number of nitrogens with one attached hydrogen (secondary N) is 1. The van der Waals surface area contributed by atoms with Crippen LogP contribution in [0.4, 0.5) is 0 Å². The van der Waals surface area contributed by atoms with E-state index in [1.807, 2.05) is 48.9 Å². The van der Waals surface area contributed by atoms with Gasteiger partial charge in [0.15, 0.2) is 0 Å². The summed E-state index contributed by atoms with van der Waals surface area (Å²) in [5, 5.41) is 7.52. The number of nitrogens with zero attached hydrogens (tertiary/aromatic N) is 3. The molecule has 0 bridgehead atoms. The van der Waals surface area contributed by atoms with Crippen molar-refractivity contribution in [2.45, 2.75) is 20.4 Å². The number of methoxy groups -OCH3 is 1. The molecule has 0 unspecified atom stereocenters. The van der Waals surface area contributed by atoms with Gasteiger partial charge >= 0.3 is 0 Å². The second-order valence-electron chi connectivity index (χ2n) is 5.64. The molecule has 2 aromatic heterocycles. The van der Waals surface area contributed by atoms with E-state index in [4.69, 9.17) is 4.74 Å². The predicted molar refractivity (Wildman–Crippen MR) is 95.0 cm³/mol. The van der Waals surface area contributed by atoms with E-state index in [2.05, 4.69) is 15.4 Å². The van der Waals surface area contributed by atoms with Gasteiger partial charge in [0.1, 0.15) is 5.56 Å². The van der Waals surface area contributed by atoms with E-state index in [0.717, 1.165) is 22.6 Å². The van der Waals surface area contributed by atoms with Crippen LogP contribution in [0.1, 0.15) is 27.3 Å². The molecule has 0 radical (unpaired) electrons. The van der Waals surface area contributed by atoms with Crippen molar-refractivity contribution in [1.82, 2.24) is 20.1 Å². The maximum absolute atomic E-state index is 12.4. The Morgan fingerprint density at radius 2 is 1.92 bits per heavy atom. The minimum Gasteiger partial charge on any atom is -0.480 e. The first-order valence-corrected chi connectivity index (χ1v) is 7.99. The fraction of sp³-hybridized carbons (Fsp3) is 0.211. The molecule has 0 spiro atoms. The van der Waals surface area contributed by atoms with Gasteiger partial charge < -0.3 is 10.1 Å². The Bertz CT molecular complexity index is 888. The van der Waals surface area contributed by atoms with Crippen molar-refractivity contribution in [1.29, 1.82) is 0 Å². The molecule has 0 saturated carbocycles. The van der Waals surface area contributed by atoms with E-state index in [-0.39, 0.29) is 5.91 Å². The molecule has 2 heterocycles. The van der Waals surface area contributed by atoms with Gasteiger partial charge in [-0.15, -0.1) is 0 Å². The molecule has 1 amide bonds. The molecule has 128 valence electrons. The first-order chi connectivity index (χ1) is 12.1. The molecule has 6 nitrogen and oxygen atoms in total. The number of ether oxygens (including phenoxy) is 1. The van der Waals surface area contributed by atoms with Crippen LogP contribution in [0.15, 0.2) is 48.7 Å². The van der Waals surface area contributed by atoms with Crippen molar-refractivity contribution in [3.8, 4) is 11.6 Å². The van der Waals surface area contributed by atoms with Crippen LogP contribution in [0.5, 0.6) is 5.88 Å². The van der Waals surface area contributed by atoms with Gasteiger partial charge in [-0.05, 0) is 38.1 Å². The van der Waals surface area contributed by atoms with Crippen LogP contribution >= 0.6 is 0 Å². The van der Waals surface area contributed by atoms with Crippen molar-refractivity contribution in [2.75, 3.05) is 7.11 Å². The maximum Gasteiger partial charge on any atom is 0.257 e. The number of aryl methyl sites for hydroxylation is 1. The summed E-state index contributed by atoms with van der Waals surface area (Å²) >= 11 is 0. The second kappa shape index (κ2) is 7.17. The second-order valence-corrected chi connectivity index (χ2v) is 5.64. The lowest BCUT2D eigenvalue weighted by atomic mass is 10.2. The van der Waals surface area contributed by atoms with Crippen molar-refractivity contribution < 1.29 is 9.53 Å². The summed E-state index contributed by atoms with van der Waals surface area (Å²) in [5.41, 5.74) is 4.30. The number of carbonyl (C=O) groups is 1. The normalized spacial score (nSPS) is 10.5. The zero-order valence-corrected chi connectivity index (χ0v) is 14.5. The highest BCUT2D eigenvalue weighted by atomic mass is 16.5. The summed E-state index contributed by atoms with van der Waals surface area (Å²) in [7, 11) is 1.50. The van der Waals surface area contributed by atoms with E-state index in [9.17, 15) is 4.79 Å². The molecular formula is C19H20N4O2. The smallest absolute Gasteiger partial charge is 0.257 e. The monoisotopic (exact) mass is 336 g/mol. The Balaban J connectivity index is 1.80. The van der Waals surface area contributed by atoms with Gasteiger partial charge in [0.05, 0.1) is 18.5 Å². The van der Waals surface area contributed by atoms with Crippen LogP contribution in [-0.2, 0) is 6.54 Å². The lowest BCUT2D eigenvalue weighted by Crippen LogP contribution is -2.24. The number of rotatable bonds is 5. The average Bonchev–Trinajstić information content (AvgIpc) is 2.94. The molecule has 0 saturated heterocycles. The molecule has 0 aliphatic heterocycles. The van der Waals surface area contributed by atoms with Gasteiger partial charge in [-0.2, -0.15) is 5.10 Å². The lowest BCUT2D eigenvalue weighted by Gasteiger charge is -2.09. The SMILES string of the molecule is COc1ncccc1C(=O)NCc1c(C)nn(-c2ccccc2)c1C. The summed E-state index contributed by atoms with van der Waals surface area (Å²) < 4.78 is 7.03. The highest BCUT2D eigenvalue weighted by Crippen LogP contribution is 2.18. The minimum absolute atomic E-state index is 0.226. The first-order valence-electron chi connectivity index (χ1n) is 7.99. The molecule has 0 fully saturated rings. The predicted octanol–water partition coefficient (Wildman–Crippen LogP) is 2.82. The quantitative estimate of drug-likeness (QED) is 0.778. The van der Waals surface area contributed by atoms with E-state index in [0.29, 0.717) is 18.0 Å². The fourth-order valence-electron chi connectivity index (χ4n) is 2.74. The number of hydrogen-bond acceptors (Lipinski definition) is 4. The molecule has 1 N–H and O–H groups in total. The van der Waals surface area contributed by atoms with Crippen molar-refractivity contribution in [3.63, 3.8) is 0 Å². The van der Waals surface area contributed by atoms with Crippen LogP contribution in [0, 0.1) is 13.8 Å². The zero-order valence-electron chi connectivity index (χ0n) is 14.5. The molecule has 3 aromatic rings. The topological polar surface area (TPSA) is 69.0 Å². The zero-order chi connectivity index (χ0) is 17.8. The largest absolute Gasteiger partial charge is 0.480 e. The Hall–Kier alpha value is -3.15. The summed E-state index contributed by atoms with van der Waals surface area (Å²) in [4.78, 5) is 16.5. The molecule has 0 atom stereocenters. The number of aromatic nitrogens is 3. The molecule has 0 aliphatic carbocycles. The van der Waals surface area contributed by atoms with E-state index in [1.165, 1.54) is 7.11 Å². The van der Waals surface area contributed by atoms with Gasteiger partial charge in [0.25, 0.3) is 5.91 Å². The molecular weight excluding hydrogens is 316 g/mol. The molecule has 1 aromatic carbocycles. The average molecular weight is 336 g/mol. The highest BCUT2D eigenvalue weighted by Gasteiger charge is 2.16. The van der Waals surface area contributed by atoms with Crippen molar-refractivity contribution in [3.05, 3.63) is 71.2 Å². The third-order valence-corrected chi connectivity index (χ3v) is 4.08. The van der Waals surface area contributed by atoms with Crippen molar-refractivity contribution in [2.24, 2.45) is 0 Å². The summed E-state index contributed by atoms with van der Waals surface area (Å²) in [6.07, 6.45) is 1.59. The van der Waals surface area contributed by atoms with Gasteiger partial charge in [-0.1, -0.05) is 18.2 Å². The summed E-state index contributed by atoms with van der Waals surface area (Å²) in [6, 6.07) is 13.3. The Kier molecular flexibility index (Phi) is 4.79. The van der Waals surface area contributed by atoms with Crippen molar-refractivity contribution >= 4 is 5.91 Å². The molecule has 25 heavy (non-hydrogen) atoms. The van der Waals surface area contributed by atoms with E-state index in [1.54, 1.807) is 18.3 Å². The van der Waals surface area contributed by atoms with Crippen LogP contribution in [0.25, 0.3) is 5.69 Å². The number of pyridine rings is 1. The Morgan fingerprint density at radius 3 is 2.64 bits per heavy atom. The molecule has 6 heteroatoms. The number of para-hydroxylation sites is 1. The van der Waals surface area contributed by atoms with Gasteiger partial charge in [-0.3, -0.25) is 4.79 Å². The lowest BCUT2D eigenvalue weighted by molar-refractivity contribution is 0.0947. The number of hydrogen-bond donors (Lipinski definition) is 1. The van der Waals surface area contributed by atoms with Gasteiger partial charge in [-0.25, -0.2) is 9.67 Å². The Labute approximate surface area is 146 Å². The fourth-order valence-corrected chi connectivity index (χ4v) is 2.74. The number of carbonyl (C=O) groups excluding carboxylic acids is 1. The van der Waals surface area contributed by atoms with Crippen LogP contribution in [-0.4, -0.2) is 27.8 Å². The first kappa shape index (κ1) is 16.7. The number of amides is 1. The van der Waals surface area contributed by atoms with E-state index < -0.39 is 0 Å².